The molecule has 114 valence electrons. The molecule has 0 unspecified atom stereocenters. The largest absolute Gasteiger partial charge is 0.458 e. The number of likely N-dealkylation sites (tertiary alicyclic amines) is 1. The van der Waals surface area contributed by atoms with E-state index in [0.29, 0.717) is 13.0 Å². The van der Waals surface area contributed by atoms with E-state index >= 15 is 0 Å². The molecule has 1 atom stereocenters. The first-order valence-corrected chi connectivity index (χ1v) is 6.93. The molecule has 0 radical (unpaired) electrons. The zero-order chi connectivity index (χ0) is 15.6. The van der Waals surface area contributed by atoms with Gasteiger partial charge in [0.05, 0.1) is 6.20 Å². The minimum atomic E-state index is -0.595. The van der Waals surface area contributed by atoms with Crippen molar-refractivity contribution in [2.24, 2.45) is 0 Å². The van der Waals surface area contributed by atoms with Gasteiger partial charge in [-0.15, -0.1) is 0 Å². The third-order valence-electron chi connectivity index (χ3n) is 3.14. The SMILES string of the molecule is CC(C)(C)OC(=O)[C@@H]1CCCN1C(=O)c1ccc(F)cn1. The highest BCUT2D eigenvalue weighted by Gasteiger charge is 2.37. The molecule has 6 heteroatoms. The fraction of sp³-hybridized carbons (Fsp3) is 0.533. The average molecular weight is 294 g/mol. The summed E-state index contributed by atoms with van der Waals surface area (Å²) in [4.78, 5) is 29.8. The first-order chi connectivity index (χ1) is 9.78. The lowest BCUT2D eigenvalue weighted by molar-refractivity contribution is -0.159. The van der Waals surface area contributed by atoms with Crippen molar-refractivity contribution in [1.29, 1.82) is 0 Å². The van der Waals surface area contributed by atoms with Crippen LogP contribution in [-0.2, 0) is 9.53 Å². The molecule has 0 N–H and O–H groups in total. The van der Waals surface area contributed by atoms with E-state index in [1.165, 1.54) is 17.0 Å². The quantitative estimate of drug-likeness (QED) is 0.784. The molecule has 1 amide bonds. The summed E-state index contributed by atoms with van der Waals surface area (Å²) >= 11 is 0. The van der Waals surface area contributed by atoms with Crippen molar-refractivity contribution in [3.8, 4) is 0 Å². The monoisotopic (exact) mass is 294 g/mol. The molecule has 0 aliphatic carbocycles. The van der Waals surface area contributed by atoms with E-state index in [1.54, 1.807) is 20.8 Å². The Morgan fingerprint density at radius 2 is 2.10 bits per heavy atom. The molecule has 1 aliphatic heterocycles. The Hall–Kier alpha value is -1.98. The van der Waals surface area contributed by atoms with E-state index in [1.807, 2.05) is 0 Å². The number of pyridine rings is 1. The van der Waals surface area contributed by atoms with Crippen LogP contribution in [0.5, 0.6) is 0 Å². The maximum absolute atomic E-state index is 12.9. The molecule has 1 aromatic heterocycles. The first kappa shape index (κ1) is 15.4. The van der Waals surface area contributed by atoms with Gasteiger partial charge in [-0.3, -0.25) is 4.79 Å². The number of hydrogen-bond acceptors (Lipinski definition) is 4. The number of esters is 1. The summed E-state index contributed by atoms with van der Waals surface area (Å²) in [6, 6.07) is 1.91. The van der Waals surface area contributed by atoms with Gasteiger partial charge in [0.1, 0.15) is 23.2 Å². The van der Waals surface area contributed by atoms with Crippen molar-refractivity contribution in [3.05, 3.63) is 29.8 Å². The van der Waals surface area contributed by atoms with Gasteiger partial charge < -0.3 is 9.64 Å². The molecule has 1 saturated heterocycles. The summed E-state index contributed by atoms with van der Waals surface area (Å²) in [7, 11) is 0. The van der Waals surface area contributed by atoms with Crippen LogP contribution in [0.2, 0.25) is 0 Å². The molecule has 0 bridgehead atoms. The number of carbonyl (C=O) groups is 2. The second kappa shape index (κ2) is 5.79. The summed E-state index contributed by atoms with van der Waals surface area (Å²) in [6.07, 6.45) is 2.30. The normalized spacial score (nSPS) is 18.7. The lowest BCUT2D eigenvalue weighted by Gasteiger charge is -2.27. The Balaban J connectivity index is 2.13. The molecule has 21 heavy (non-hydrogen) atoms. The van der Waals surface area contributed by atoms with Crippen molar-refractivity contribution in [1.82, 2.24) is 9.88 Å². The molecule has 0 aromatic carbocycles. The van der Waals surface area contributed by atoms with Crippen molar-refractivity contribution in [2.45, 2.75) is 45.3 Å². The average Bonchev–Trinajstić information content (AvgIpc) is 2.86. The van der Waals surface area contributed by atoms with Crippen LogP contribution in [0.4, 0.5) is 4.39 Å². The maximum Gasteiger partial charge on any atom is 0.329 e. The fourth-order valence-electron chi connectivity index (χ4n) is 2.27. The van der Waals surface area contributed by atoms with Gasteiger partial charge in [-0.05, 0) is 45.7 Å². The van der Waals surface area contributed by atoms with Crippen LogP contribution in [0.1, 0.15) is 44.1 Å². The number of aromatic nitrogens is 1. The first-order valence-electron chi connectivity index (χ1n) is 6.93. The Bertz CT molecular complexity index is 537. The van der Waals surface area contributed by atoms with Crippen molar-refractivity contribution < 1.29 is 18.7 Å². The molecule has 5 nitrogen and oxygen atoms in total. The second-order valence-electron chi connectivity index (χ2n) is 6.05. The van der Waals surface area contributed by atoms with Crippen molar-refractivity contribution in [2.75, 3.05) is 6.54 Å². The van der Waals surface area contributed by atoms with E-state index in [0.717, 1.165) is 12.6 Å². The summed E-state index contributed by atoms with van der Waals surface area (Å²) in [5.74, 6) is -1.28. The highest BCUT2D eigenvalue weighted by Crippen LogP contribution is 2.22. The third-order valence-corrected chi connectivity index (χ3v) is 3.14. The Labute approximate surface area is 123 Å². The number of rotatable bonds is 2. The Morgan fingerprint density at radius 1 is 1.38 bits per heavy atom. The lowest BCUT2D eigenvalue weighted by atomic mass is 10.1. The van der Waals surface area contributed by atoms with Gasteiger partial charge in [0.2, 0.25) is 0 Å². The predicted octanol–water partition coefficient (Wildman–Crippen LogP) is 2.17. The summed E-state index contributed by atoms with van der Waals surface area (Å²) in [5, 5.41) is 0. The number of hydrogen-bond donors (Lipinski definition) is 0. The molecule has 0 saturated carbocycles. The standard InChI is InChI=1S/C15H19FN2O3/c1-15(2,3)21-14(20)12-5-4-8-18(12)13(19)11-7-6-10(16)9-17-11/h6-7,9,12H,4-5,8H2,1-3H3/t12-/m0/s1. The van der Waals surface area contributed by atoms with E-state index in [-0.39, 0.29) is 11.6 Å². The fourth-order valence-corrected chi connectivity index (χ4v) is 2.27. The van der Waals surface area contributed by atoms with Crippen LogP contribution >= 0.6 is 0 Å². The van der Waals surface area contributed by atoms with Gasteiger partial charge in [0.15, 0.2) is 0 Å². The van der Waals surface area contributed by atoms with E-state index in [9.17, 15) is 14.0 Å². The van der Waals surface area contributed by atoms with Crippen LogP contribution in [-0.4, -0.2) is 39.9 Å². The molecular weight excluding hydrogens is 275 g/mol. The number of amides is 1. The molecule has 1 aromatic rings. The second-order valence-corrected chi connectivity index (χ2v) is 6.05. The number of carbonyl (C=O) groups excluding carboxylic acids is 2. The highest BCUT2D eigenvalue weighted by atomic mass is 19.1. The minimum Gasteiger partial charge on any atom is -0.458 e. The molecule has 0 spiro atoms. The number of nitrogens with zero attached hydrogens (tertiary/aromatic N) is 2. The zero-order valence-electron chi connectivity index (χ0n) is 12.4. The van der Waals surface area contributed by atoms with Gasteiger partial charge in [-0.25, -0.2) is 14.2 Å². The molecule has 2 rings (SSSR count). The van der Waals surface area contributed by atoms with Gasteiger partial charge in [-0.2, -0.15) is 0 Å². The number of ether oxygens (including phenoxy) is 1. The third kappa shape index (κ3) is 3.77. The zero-order valence-corrected chi connectivity index (χ0v) is 12.4. The maximum atomic E-state index is 12.9. The molecule has 2 heterocycles. The van der Waals surface area contributed by atoms with Gasteiger partial charge in [0.25, 0.3) is 5.91 Å². The molecule has 1 fully saturated rings. The topological polar surface area (TPSA) is 59.5 Å². The van der Waals surface area contributed by atoms with Crippen LogP contribution in [0, 0.1) is 5.82 Å². The Morgan fingerprint density at radius 3 is 2.67 bits per heavy atom. The van der Waals surface area contributed by atoms with Crippen LogP contribution in [0.25, 0.3) is 0 Å². The molecular formula is C15H19FN2O3. The van der Waals surface area contributed by atoms with Crippen LogP contribution in [0.3, 0.4) is 0 Å². The van der Waals surface area contributed by atoms with Gasteiger partial charge >= 0.3 is 5.97 Å². The lowest BCUT2D eigenvalue weighted by Crippen LogP contribution is -2.43. The van der Waals surface area contributed by atoms with Crippen LogP contribution in [0.15, 0.2) is 18.3 Å². The minimum absolute atomic E-state index is 0.131. The van der Waals surface area contributed by atoms with Crippen LogP contribution < -0.4 is 0 Å². The summed E-state index contributed by atoms with van der Waals surface area (Å²) in [5.41, 5.74) is -0.463. The predicted molar refractivity (Wildman–Crippen MR) is 74.1 cm³/mol. The Kier molecular flexibility index (Phi) is 4.25. The van der Waals surface area contributed by atoms with Crippen molar-refractivity contribution >= 4 is 11.9 Å². The summed E-state index contributed by atoms with van der Waals surface area (Å²) < 4.78 is 18.2. The van der Waals surface area contributed by atoms with E-state index in [2.05, 4.69) is 4.98 Å². The van der Waals surface area contributed by atoms with Gasteiger partial charge in [-0.1, -0.05) is 0 Å². The van der Waals surface area contributed by atoms with E-state index in [4.69, 9.17) is 4.74 Å². The van der Waals surface area contributed by atoms with E-state index < -0.39 is 23.4 Å². The van der Waals surface area contributed by atoms with Crippen molar-refractivity contribution in [3.63, 3.8) is 0 Å². The summed E-state index contributed by atoms with van der Waals surface area (Å²) in [6.45, 7) is 5.83. The smallest absolute Gasteiger partial charge is 0.329 e. The highest BCUT2D eigenvalue weighted by molar-refractivity contribution is 5.95. The molecule has 1 aliphatic rings. The number of halogens is 1. The van der Waals surface area contributed by atoms with Gasteiger partial charge in [0, 0.05) is 6.54 Å².